The zero-order chi connectivity index (χ0) is 16.9. The highest BCUT2D eigenvalue weighted by Crippen LogP contribution is 2.28. The van der Waals surface area contributed by atoms with Crippen LogP contribution in [0.4, 0.5) is 0 Å². The molecular formula is C17H34N4OS. The van der Waals surface area contributed by atoms with Crippen LogP contribution >= 0.6 is 12.2 Å². The van der Waals surface area contributed by atoms with E-state index in [9.17, 15) is 0 Å². The first-order valence-corrected chi connectivity index (χ1v) is 9.30. The lowest BCUT2D eigenvalue weighted by molar-refractivity contribution is 0.0376. The number of thiocarbonyl (C=S) groups is 1. The van der Waals surface area contributed by atoms with E-state index in [1.807, 2.05) is 0 Å². The standard InChI is InChI=1S/C17H34N4OS/c1-16(2)12-14(13-17(3,4)20-16)19-15(23)18-6-5-7-21-8-10-22-11-9-21/h14,20H,5-13H2,1-4H3,(H2,18,19,23). The van der Waals surface area contributed by atoms with E-state index in [0.717, 1.165) is 63.8 Å². The van der Waals surface area contributed by atoms with E-state index in [2.05, 4.69) is 48.5 Å². The zero-order valence-corrected chi connectivity index (χ0v) is 16.0. The molecule has 2 fully saturated rings. The summed E-state index contributed by atoms with van der Waals surface area (Å²) < 4.78 is 5.37. The minimum atomic E-state index is 0.144. The molecule has 0 radical (unpaired) electrons. The predicted octanol–water partition coefficient (Wildman–Crippen LogP) is 1.48. The van der Waals surface area contributed by atoms with Gasteiger partial charge in [0.05, 0.1) is 13.2 Å². The van der Waals surface area contributed by atoms with Gasteiger partial charge in [-0.3, -0.25) is 4.90 Å². The van der Waals surface area contributed by atoms with Gasteiger partial charge >= 0.3 is 0 Å². The fourth-order valence-corrected chi connectivity index (χ4v) is 4.26. The van der Waals surface area contributed by atoms with Crippen LogP contribution in [0.15, 0.2) is 0 Å². The van der Waals surface area contributed by atoms with Crippen molar-refractivity contribution in [3.05, 3.63) is 0 Å². The van der Waals surface area contributed by atoms with Gasteiger partial charge in [0.15, 0.2) is 5.11 Å². The number of rotatable bonds is 5. The Morgan fingerprint density at radius 3 is 2.39 bits per heavy atom. The van der Waals surface area contributed by atoms with Crippen LogP contribution in [0, 0.1) is 0 Å². The van der Waals surface area contributed by atoms with Gasteiger partial charge in [0.25, 0.3) is 0 Å². The molecule has 134 valence electrons. The molecular weight excluding hydrogens is 308 g/mol. The summed E-state index contributed by atoms with van der Waals surface area (Å²) in [5, 5.41) is 11.4. The SMILES string of the molecule is CC1(C)CC(NC(=S)NCCCN2CCOCC2)CC(C)(C)N1. The molecule has 0 unspecified atom stereocenters. The Morgan fingerprint density at radius 1 is 1.17 bits per heavy atom. The molecule has 0 amide bonds. The lowest BCUT2D eigenvalue weighted by atomic mass is 9.80. The number of ether oxygens (including phenoxy) is 1. The van der Waals surface area contributed by atoms with Crippen LogP contribution in [0.1, 0.15) is 47.0 Å². The fourth-order valence-electron chi connectivity index (χ4n) is 3.99. The van der Waals surface area contributed by atoms with Crippen LogP contribution < -0.4 is 16.0 Å². The third kappa shape index (κ3) is 6.91. The van der Waals surface area contributed by atoms with Gasteiger partial charge in [-0.25, -0.2) is 0 Å². The second kappa shape index (κ2) is 8.10. The topological polar surface area (TPSA) is 48.6 Å². The monoisotopic (exact) mass is 342 g/mol. The lowest BCUT2D eigenvalue weighted by Crippen LogP contribution is -2.62. The van der Waals surface area contributed by atoms with Crippen LogP contribution in [0.5, 0.6) is 0 Å². The molecule has 2 saturated heterocycles. The van der Waals surface area contributed by atoms with E-state index >= 15 is 0 Å². The van der Waals surface area contributed by atoms with Crippen LogP contribution in [0.2, 0.25) is 0 Å². The first kappa shape index (κ1) is 18.9. The van der Waals surface area contributed by atoms with Crippen molar-refractivity contribution in [1.82, 2.24) is 20.9 Å². The second-order valence-corrected chi connectivity index (χ2v) is 8.61. The molecule has 2 aliphatic rings. The summed E-state index contributed by atoms with van der Waals surface area (Å²) in [5.74, 6) is 0. The number of nitrogens with one attached hydrogen (secondary N) is 3. The van der Waals surface area contributed by atoms with Crippen molar-refractivity contribution in [2.24, 2.45) is 0 Å². The van der Waals surface area contributed by atoms with Crippen molar-refractivity contribution in [3.63, 3.8) is 0 Å². The highest BCUT2D eigenvalue weighted by molar-refractivity contribution is 7.80. The molecule has 2 heterocycles. The normalized spacial score (nSPS) is 25.0. The maximum Gasteiger partial charge on any atom is 0.166 e. The van der Waals surface area contributed by atoms with Crippen molar-refractivity contribution in [1.29, 1.82) is 0 Å². The van der Waals surface area contributed by atoms with Crippen molar-refractivity contribution < 1.29 is 4.74 Å². The number of morpholine rings is 1. The molecule has 0 bridgehead atoms. The highest BCUT2D eigenvalue weighted by atomic mass is 32.1. The van der Waals surface area contributed by atoms with Crippen LogP contribution in [0.3, 0.4) is 0 Å². The lowest BCUT2D eigenvalue weighted by Gasteiger charge is -2.46. The van der Waals surface area contributed by atoms with Crippen molar-refractivity contribution in [2.75, 3.05) is 39.4 Å². The largest absolute Gasteiger partial charge is 0.379 e. The molecule has 2 aliphatic heterocycles. The van der Waals surface area contributed by atoms with Gasteiger partial charge in [-0.1, -0.05) is 0 Å². The van der Waals surface area contributed by atoms with Gasteiger partial charge in [-0.2, -0.15) is 0 Å². The summed E-state index contributed by atoms with van der Waals surface area (Å²) in [4.78, 5) is 2.46. The quantitative estimate of drug-likeness (QED) is 0.520. The molecule has 0 spiro atoms. The molecule has 0 aromatic carbocycles. The van der Waals surface area contributed by atoms with Gasteiger partial charge in [0, 0.05) is 36.8 Å². The summed E-state index contributed by atoms with van der Waals surface area (Å²) in [6.45, 7) is 15.0. The number of hydrogen-bond donors (Lipinski definition) is 3. The van der Waals surface area contributed by atoms with Crippen molar-refractivity contribution in [2.45, 2.75) is 64.1 Å². The van der Waals surface area contributed by atoms with Gasteiger partial charge < -0.3 is 20.7 Å². The summed E-state index contributed by atoms with van der Waals surface area (Å²) in [5.41, 5.74) is 0.288. The molecule has 0 aromatic heterocycles. The van der Waals surface area contributed by atoms with E-state index in [-0.39, 0.29) is 11.1 Å². The maximum atomic E-state index is 5.48. The molecule has 0 atom stereocenters. The van der Waals surface area contributed by atoms with Gasteiger partial charge in [-0.05, 0) is 65.7 Å². The van der Waals surface area contributed by atoms with Crippen molar-refractivity contribution >= 4 is 17.3 Å². The predicted molar refractivity (Wildman–Crippen MR) is 99.9 cm³/mol. The highest BCUT2D eigenvalue weighted by Gasteiger charge is 2.37. The second-order valence-electron chi connectivity index (χ2n) is 8.21. The first-order valence-electron chi connectivity index (χ1n) is 8.90. The molecule has 3 N–H and O–H groups in total. The molecule has 0 aliphatic carbocycles. The molecule has 23 heavy (non-hydrogen) atoms. The molecule has 6 heteroatoms. The number of hydrogen-bond acceptors (Lipinski definition) is 4. The summed E-state index contributed by atoms with van der Waals surface area (Å²) in [6.07, 6.45) is 3.29. The number of nitrogens with zero attached hydrogens (tertiary/aromatic N) is 1. The van der Waals surface area contributed by atoms with E-state index < -0.39 is 0 Å². The number of piperidine rings is 1. The van der Waals surface area contributed by atoms with Gasteiger partial charge in [0.1, 0.15) is 0 Å². The van der Waals surface area contributed by atoms with E-state index in [0.29, 0.717) is 6.04 Å². The average Bonchev–Trinajstić information content (AvgIpc) is 2.41. The van der Waals surface area contributed by atoms with Crippen LogP contribution in [-0.4, -0.2) is 66.5 Å². The van der Waals surface area contributed by atoms with Crippen LogP contribution in [-0.2, 0) is 4.74 Å². The maximum absolute atomic E-state index is 5.48. The molecule has 5 nitrogen and oxygen atoms in total. The molecule has 0 saturated carbocycles. The van der Waals surface area contributed by atoms with Crippen LogP contribution in [0.25, 0.3) is 0 Å². The summed E-state index contributed by atoms with van der Waals surface area (Å²) >= 11 is 5.48. The minimum absolute atomic E-state index is 0.144. The Kier molecular flexibility index (Phi) is 6.66. The third-order valence-electron chi connectivity index (χ3n) is 4.57. The van der Waals surface area contributed by atoms with Crippen molar-refractivity contribution in [3.8, 4) is 0 Å². The smallest absolute Gasteiger partial charge is 0.166 e. The van der Waals surface area contributed by atoms with E-state index in [1.54, 1.807) is 0 Å². The Labute approximate surface area is 146 Å². The average molecular weight is 343 g/mol. The Bertz CT molecular complexity index is 378. The Morgan fingerprint density at radius 2 is 1.78 bits per heavy atom. The minimum Gasteiger partial charge on any atom is -0.379 e. The zero-order valence-electron chi connectivity index (χ0n) is 15.2. The van der Waals surface area contributed by atoms with Gasteiger partial charge in [0.2, 0.25) is 0 Å². The summed E-state index contributed by atoms with van der Waals surface area (Å²) in [7, 11) is 0. The Balaban J connectivity index is 1.64. The first-order chi connectivity index (χ1) is 10.8. The van der Waals surface area contributed by atoms with E-state index in [4.69, 9.17) is 17.0 Å². The molecule has 2 rings (SSSR count). The summed E-state index contributed by atoms with van der Waals surface area (Å²) in [6, 6.07) is 0.431. The fraction of sp³-hybridized carbons (Fsp3) is 0.941. The Hall–Kier alpha value is -0.430. The third-order valence-corrected chi connectivity index (χ3v) is 4.83. The molecule has 0 aromatic rings. The van der Waals surface area contributed by atoms with Gasteiger partial charge in [-0.15, -0.1) is 0 Å². The van der Waals surface area contributed by atoms with E-state index in [1.165, 1.54) is 0 Å².